The monoisotopic (exact) mass is 205 g/mol. The van der Waals surface area contributed by atoms with Crippen molar-refractivity contribution in [3.8, 4) is 0 Å². The molecule has 3 nitrogen and oxygen atoms in total. The third kappa shape index (κ3) is 2.12. The molecule has 0 heterocycles. The van der Waals surface area contributed by atoms with Crippen LogP contribution in [0.25, 0.3) is 0 Å². The van der Waals surface area contributed by atoms with Gasteiger partial charge in [-0.3, -0.25) is 0 Å². The van der Waals surface area contributed by atoms with E-state index >= 15 is 0 Å². The summed E-state index contributed by atoms with van der Waals surface area (Å²) in [5.74, 6) is 0. The molecule has 0 atom stereocenters. The van der Waals surface area contributed by atoms with Crippen molar-refractivity contribution in [2.45, 2.75) is 18.3 Å². The first-order valence-corrected chi connectivity index (χ1v) is 5.14. The summed E-state index contributed by atoms with van der Waals surface area (Å²) < 4.78 is 4.56. The van der Waals surface area contributed by atoms with Gasteiger partial charge in [-0.1, -0.05) is 30.3 Å². The van der Waals surface area contributed by atoms with E-state index in [0.717, 1.165) is 12.8 Å². The van der Waals surface area contributed by atoms with E-state index in [0.29, 0.717) is 6.54 Å². The summed E-state index contributed by atoms with van der Waals surface area (Å²) >= 11 is 0. The smallest absolute Gasteiger partial charge is 0.406 e. The van der Waals surface area contributed by atoms with E-state index in [-0.39, 0.29) is 11.5 Å². The number of hydrogen-bond acceptors (Lipinski definition) is 2. The van der Waals surface area contributed by atoms with Gasteiger partial charge in [0, 0.05) is 12.0 Å². The van der Waals surface area contributed by atoms with Gasteiger partial charge in [0.25, 0.3) is 0 Å². The lowest BCUT2D eigenvalue weighted by atomic mass is 9.96. The molecule has 0 unspecified atom stereocenters. The molecule has 1 aromatic carbocycles. The van der Waals surface area contributed by atoms with E-state index in [1.54, 1.807) is 0 Å². The minimum absolute atomic E-state index is 0.162. The lowest BCUT2D eigenvalue weighted by molar-refractivity contribution is 0.170. The molecule has 3 heteroatoms. The summed E-state index contributed by atoms with van der Waals surface area (Å²) in [6.07, 6.45) is 1.93. The number of methoxy groups -OCH3 is 1. The Bertz CT molecular complexity index is 344. The maximum absolute atomic E-state index is 11.0. The van der Waals surface area contributed by atoms with Gasteiger partial charge in [0.2, 0.25) is 0 Å². The van der Waals surface area contributed by atoms with Crippen LogP contribution in [0.4, 0.5) is 4.79 Å². The molecular weight excluding hydrogens is 190 g/mol. The molecule has 1 aliphatic carbocycles. The van der Waals surface area contributed by atoms with E-state index in [2.05, 4.69) is 22.2 Å². The van der Waals surface area contributed by atoms with Crippen LogP contribution in [0.2, 0.25) is 0 Å². The minimum atomic E-state index is -0.350. The van der Waals surface area contributed by atoms with E-state index in [4.69, 9.17) is 0 Å². The Morgan fingerprint density at radius 1 is 1.40 bits per heavy atom. The Morgan fingerprint density at radius 3 is 2.60 bits per heavy atom. The fraction of sp³-hybridized carbons (Fsp3) is 0.417. The van der Waals surface area contributed by atoms with E-state index in [1.165, 1.54) is 12.7 Å². The Kier molecular flexibility index (Phi) is 2.62. The van der Waals surface area contributed by atoms with Gasteiger partial charge in [-0.2, -0.15) is 0 Å². The van der Waals surface area contributed by atoms with E-state index < -0.39 is 0 Å². The lowest BCUT2D eigenvalue weighted by Crippen LogP contribution is -2.31. The summed E-state index contributed by atoms with van der Waals surface area (Å²) in [5, 5.41) is 2.77. The first-order valence-electron chi connectivity index (χ1n) is 5.14. The average Bonchev–Trinajstić information content (AvgIpc) is 3.08. The Hall–Kier alpha value is -1.51. The SMILES string of the molecule is COC(=O)NCC1(c2ccccc2)CC1. The molecule has 15 heavy (non-hydrogen) atoms. The van der Waals surface area contributed by atoms with Crippen LogP contribution in [0.3, 0.4) is 0 Å². The first-order chi connectivity index (χ1) is 7.27. The molecule has 1 aromatic rings. The number of benzene rings is 1. The number of nitrogens with one attached hydrogen (secondary N) is 1. The Balaban J connectivity index is 2.00. The highest BCUT2D eigenvalue weighted by atomic mass is 16.5. The van der Waals surface area contributed by atoms with Crippen molar-refractivity contribution in [2.75, 3.05) is 13.7 Å². The van der Waals surface area contributed by atoms with Gasteiger partial charge in [0.15, 0.2) is 0 Å². The van der Waals surface area contributed by atoms with Crippen LogP contribution in [-0.4, -0.2) is 19.7 Å². The molecule has 0 spiro atoms. The summed E-state index contributed by atoms with van der Waals surface area (Å²) in [4.78, 5) is 11.0. The maximum atomic E-state index is 11.0. The van der Waals surface area contributed by atoms with Crippen LogP contribution >= 0.6 is 0 Å². The van der Waals surface area contributed by atoms with Crippen LogP contribution in [0.5, 0.6) is 0 Å². The van der Waals surface area contributed by atoms with Gasteiger partial charge < -0.3 is 10.1 Å². The van der Waals surface area contributed by atoms with Crippen LogP contribution in [-0.2, 0) is 10.2 Å². The number of alkyl carbamates (subject to hydrolysis) is 1. The van der Waals surface area contributed by atoms with Gasteiger partial charge in [-0.05, 0) is 18.4 Å². The highest BCUT2D eigenvalue weighted by Gasteiger charge is 2.44. The number of hydrogen-bond donors (Lipinski definition) is 1. The summed E-state index contributed by atoms with van der Waals surface area (Å²) in [5.41, 5.74) is 1.47. The van der Waals surface area contributed by atoms with Gasteiger partial charge in [-0.25, -0.2) is 4.79 Å². The normalized spacial score (nSPS) is 16.9. The minimum Gasteiger partial charge on any atom is -0.453 e. The molecule has 1 aliphatic rings. The first kappa shape index (κ1) is 10.0. The van der Waals surface area contributed by atoms with Gasteiger partial charge in [0.05, 0.1) is 7.11 Å². The topological polar surface area (TPSA) is 38.3 Å². The number of ether oxygens (including phenoxy) is 1. The Morgan fingerprint density at radius 2 is 2.07 bits per heavy atom. The van der Waals surface area contributed by atoms with Crippen molar-refractivity contribution in [3.63, 3.8) is 0 Å². The predicted octanol–water partition coefficient (Wildman–Crippen LogP) is 2.07. The molecule has 1 N–H and O–H groups in total. The summed E-state index contributed by atoms with van der Waals surface area (Å²) in [7, 11) is 1.39. The number of rotatable bonds is 3. The molecule has 1 fully saturated rings. The summed E-state index contributed by atoms with van der Waals surface area (Å²) in [6.45, 7) is 0.670. The van der Waals surface area contributed by atoms with E-state index in [9.17, 15) is 4.79 Å². The molecule has 0 aromatic heterocycles. The lowest BCUT2D eigenvalue weighted by Gasteiger charge is -2.15. The molecule has 0 aliphatic heterocycles. The average molecular weight is 205 g/mol. The number of carbonyl (C=O) groups is 1. The predicted molar refractivity (Wildman–Crippen MR) is 57.8 cm³/mol. The highest BCUT2D eigenvalue weighted by Crippen LogP contribution is 2.47. The van der Waals surface area contributed by atoms with Gasteiger partial charge in [0.1, 0.15) is 0 Å². The fourth-order valence-corrected chi connectivity index (χ4v) is 1.82. The zero-order valence-corrected chi connectivity index (χ0v) is 8.82. The maximum Gasteiger partial charge on any atom is 0.406 e. The molecule has 1 saturated carbocycles. The Labute approximate surface area is 89.4 Å². The molecular formula is C12H15NO2. The van der Waals surface area contributed by atoms with Crippen molar-refractivity contribution in [3.05, 3.63) is 35.9 Å². The van der Waals surface area contributed by atoms with Crippen molar-refractivity contribution in [2.24, 2.45) is 0 Å². The molecule has 0 bridgehead atoms. The second-order valence-electron chi connectivity index (χ2n) is 3.99. The number of amides is 1. The third-order valence-corrected chi connectivity index (χ3v) is 3.00. The summed E-state index contributed by atoms with van der Waals surface area (Å²) in [6, 6.07) is 10.3. The van der Waals surface area contributed by atoms with E-state index in [1.807, 2.05) is 18.2 Å². The van der Waals surface area contributed by atoms with Crippen LogP contribution < -0.4 is 5.32 Å². The molecule has 0 radical (unpaired) electrons. The van der Waals surface area contributed by atoms with Crippen molar-refractivity contribution >= 4 is 6.09 Å². The zero-order chi connectivity index (χ0) is 10.7. The van der Waals surface area contributed by atoms with Crippen molar-refractivity contribution in [1.29, 1.82) is 0 Å². The zero-order valence-electron chi connectivity index (χ0n) is 8.82. The molecule has 0 saturated heterocycles. The van der Waals surface area contributed by atoms with Crippen LogP contribution in [0.15, 0.2) is 30.3 Å². The second-order valence-corrected chi connectivity index (χ2v) is 3.99. The van der Waals surface area contributed by atoms with Crippen molar-refractivity contribution in [1.82, 2.24) is 5.32 Å². The van der Waals surface area contributed by atoms with Gasteiger partial charge >= 0.3 is 6.09 Å². The quantitative estimate of drug-likeness (QED) is 0.820. The molecule has 80 valence electrons. The van der Waals surface area contributed by atoms with Crippen LogP contribution in [0.1, 0.15) is 18.4 Å². The standard InChI is InChI=1S/C12H15NO2/c1-15-11(14)13-9-12(7-8-12)10-5-3-2-4-6-10/h2-6H,7-9H2,1H3,(H,13,14). The highest BCUT2D eigenvalue weighted by molar-refractivity contribution is 5.67. The third-order valence-electron chi connectivity index (χ3n) is 3.00. The van der Waals surface area contributed by atoms with Gasteiger partial charge in [-0.15, -0.1) is 0 Å². The molecule has 1 amide bonds. The number of carbonyl (C=O) groups excluding carboxylic acids is 1. The largest absolute Gasteiger partial charge is 0.453 e. The second kappa shape index (κ2) is 3.93. The van der Waals surface area contributed by atoms with Crippen molar-refractivity contribution < 1.29 is 9.53 Å². The fourth-order valence-electron chi connectivity index (χ4n) is 1.82. The van der Waals surface area contributed by atoms with Crippen LogP contribution in [0, 0.1) is 0 Å². The molecule has 2 rings (SSSR count).